The smallest absolute Gasteiger partial charge is 0.255 e. The van der Waals surface area contributed by atoms with Crippen molar-refractivity contribution in [1.29, 1.82) is 0 Å². The number of amides is 1. The van der Waals surface area contributed by atoms with Crippen LogP contribution in [0.3, 0.4) is 0 Å². The molecule has 1 heterocycles. The van der Waals surface area contributed by atoms with E-state index in [-0.39, 0.29) is 18.6 Å². The molecule has 2 unspecified atom stereocenters. The van der Waals surface area contributed by atoms with Gasteiger partial charge in [-0.1, -0.05) is 37.3 Å². The third kappa shape index (κ3) is 3.02. The Morgan fingerprint density at radius 2 is 2.10 bits per heavy atom. The molecule has 1 aliphatic rings. The van der Waals surface area contributed by atoms with Gasteiger partial charge in [0.15, 0.2) is 0 Å². The number of morpholine rings is 1. The minimum atomic E-state index is -0.894. The molecule has 0 aromatic heterocycles. The Bertz CT molecular complexity index is 448. The summed E-state index contributed by atoms with van der Waals surface area (Å²) < 4.78 is 5.74. The number of carbonyl (C=O) groups excluding carboxylic acids is 1. The highest BCUT2D eigenvalue weighted by molar-refractivity contribution is 5.85. The molecule has 2 rings (SSSR count). The molecule has 4 nitrogen and oxygen atoms in total. The van der Waals surface area contributed by atoms with Gasteiger partial charge >= 0.3 is 0 Å². The minimum absolute atomic E-state index is 0.0199. The van der Waals surface area contributed by atoms with Gasteiger partial charge in [0.05, 0.1) is 12.6 Å². The Morgan fingerprint density at radius 1 is 1.40 bits per heavy atom. The van der Waals surface area contributed by atoms with Gasteiger partial charge in [0.25, 0.3) is 5.91 Å². The quantitative estimate of drug-likeness (QED) is 0.895. The Kier molecular flexibility index (Phi) is 4.78. The average Bonchev–Trinajstić information content (AvgIpc) is 2.46. The zero-order valence-corrected chi connectivity index (χ0v) is 12.2. The molecule has 0 aliphatic carbocycles. The summed E-state index contributed by atoms with van der Waals surface area (Å²) in [6, 6.07) is 10.1. The summed E-state index contributed by atoms with van der Waals surface area (Å²) in [5.41, 5.74) is 0.224. The Labute approximate surface area is 120 Å². The summed E-state index contributed by atoms with van der Waals surface area (Å²) in [7, 11) is 0. The highest BCUT2D eigenvalue weighted by atomic mass is 16.5. The van der Waals surface area contributed by atoms with Gasteiger partial charge in [0.1, 0.15) is 5.60 Å². The molecule has 1 saturated heterocycles. The van der Waals surface area contributed by atoms with Crippen LogP contribution in [0.15, 0.2) is 30.3 Å². The van der Waals surface area contributed by atoms with Crippen molar-refractivity contribution in [2.24, 2.45) is 0 Å². The fourth-order valence-corrected chi connectivity index (χ4v) is 2.61. The maximum Gasteiger partial charge on any atom is 0.255 e. The number of aliphatic hydroxyl groups excluding tert-OH is 1. The number of hydrogen-bond acceptors (Lipinski definition) is 3. The molecule has 1 fully saturated rings. The van der Waals surface area contributed by atoms with E-state index in [0.29, 0.717) is 19.6 Å². The topological polar surface area (TPSA) is 49.8 Å². The number of hydrogen-bond donors (Lipinski definition) is 1. The van der Waals surface area contributed by atoms with Crippen LogP contribution < -0.4 is 0 Å². The van der Waals surface area contributed by atoms with Gasteiger partial charge in [0.2, 0.25) is 0 Å². The molecule has 0 saturated carbocycles. The van der Waals surface area contributed by atoms with E-state index in [9.17, 15) is 4.79 Å². The first kappa shape index (κ1) is 15.0. The summed E-state index contributed by atoms with van der Waals surface area (Å²) in [6.45, 7) is 4.93. The molecule has 1 aliphatic heterocycles. The van der Waals surface area contributed by atoms with Crippen molar-refractivity contribution >= 4 is 5.91 Å². The molecular formula is C16H23NO3. The van der Waals surface area contributed by atoms with Crippen LogP contribution in [0.2, 0.25) is 0 Å². The highest BCUT2D eigenvalue weighted by Crippen LogP contribution is 2.28. The van der Waals surface area contributed by atoms with E-state index in [2.05, 4.69) is 6.92 Å². The number of ether oxygens (including phenoxy) is 1. The first-order valence-corrected chi connectivity index (χ1v) is 7.20. The van der Waals surface area contributed by atoms with Gasteiger partial charge in [0, 0.05) is 19.6 Å². The van der Waals surface area contributed by atoms with E-state index >= 15 is 0 Å². The lowest BCUT2D eigenvalue weighted by molar-refractivity contribution is -0.180. The van der Waals surface area contributed by atoms with E-state index in [1.165, 1.54) is 0 Å². The predicted octanol–water partition coefficient (Wildman–Crippen LogP) is 1.97. The fraction of sp³-hybridized carbons (Fsp3) is 0.562. The Balaban J connectivity index is 2.19. The molecule has 2 atom stereocenters. The Hall–Kier alpha value is -1.39. The van der Waals surface area contributed by atoms with Crippen LogP contribution in [0.4, 0.5) is 0 Å². The summed E-state index contributed by atoms with van der Waals surface area (Å²) in [4.78, 5) is 14.6. The van der Waals surface area contributed by atoms with Gasteiger partial charge in [-0.2, -0.15) is 0 Å². The lowest BCUT2D eigenvalue weighted by atomic mass is 9.95. The van der Waals surface area contributed by atoms with E-state index in [1.807, 2.05) is 35.2 Å². The van der Waals surface area contributed by atoms with Crippen molar-refractivity contribution in [3.63, 3.8) is 0 Å². The number of benzene rings is 1. The van der Waals surface area contributed by atoms with Crippen molar-refractivity contribution in [2.75, 3.05) is 13.2 Å². The van der Waals surface area contributed by atoms with Crippen LogP contribution in [-0.2, 0) is 16.1 Å². The standard InChI is InChI=1S/C16H23NO3/c1-3-14-12-20-16(2,9-10-18)15(19)17(14)11-13-7-5-4-6-8-13/h4-8,14,18H,3,9-12H2,1-2H3. The zero-order valence-electron chi connectivity index (χ0n) is 12.2. The lowest BCUT2D eigenvalue weighted by Gasteiger charge is -2.44. The maximum atomic E-state index is 12.7. The van der Waals surface area contributed by atoms with Crippen molar-refractivity contribution in [3.8, 4) is 0 Å². The summed E-state index contributed by atoms with van der Waals surface area (Å²) in [5, 5.41) is 9.15. The molecule has 4 heteroatoms. The first-order chi connectivity index (χ1) is 9.60. The second-order valence-electron chi connectivity index (χ2n) is 5.50. The molecule has 1 aromatic carbocycles. The van der Waals surface area contributed by atoms with E-state index < -0.39 is 5.60 Å². The van der Waals surface area contributed by atoms with Crippen LogP contribution in [0.1, 0.15) is 32.3 Å². The van der Waals surface area contributed by atoms with Crippen LogP contribution in [-0.4, -0.2) is 40.8 Å². The largest absolute Gasteiger partial charge is 0.396 e. The van der Waals surface area contributed by atoms with Crippen LogP contribution in [0, 0.1) is 0 Å². The summed E-state index contributed by atoms with van der Waals surface area (Å²) in [5.74, 6) is -0.0199. The molecule has 110 valence electrons. The third-order valence-corrected chi connectivity index (χ3v) is 4.00. The van der Waals surface area contributed by atoms with Crippen molar-refractivity contribution in [3.05, 3.63) is 35.9 Å². The second kappa shape index (κ2) is 6.37. The van der Waals surface area contributed by atoms with Gasteiger partial charge in [-0.05, 0) is 18.9 Å². The monoisotopic (exact) mass is 277 g/mol. The lowest BCUT2D eigenvalue weighted by Crippen LogP contribution is -2.59. The van der Waals surface area contributed by atoms with E-state index in [4.69, 9.17) is 9.84 Å². The number of rotatable bonds is 5. The molecule has 0 radical (unpaired) electrons. The minimum Gasteiger partial charge on any atom is -0.396 e. The van der Waals surface area contributed by atoms with Gasteiger partial charge < -0.3 is 14.7 Å². The molecule has 1 amide bonds. The van der Waals surface area contributed by atoms with Gasteiger partial charge in [-0.3, -0.25) is 4.79 Å². The molecular weight excluding hydrogens is 254 g/mol. The van der Waals surface area contributed by atoms with Crippen LogP contribution >= 0.6 is 0 Å². The zero-order chi connectivity index (χ0) is 14.6. The second-order valence-corrected chi connectivity index (χ2v) is 5.50. The normalized spacial score (nSPS) is 26.9. The van der Waals surface area contributed by atoms with Crippen molar-refractivity contribution in [2.45, 2.75) is 44.9 Å². The van der Waals surface area contributed by atoms with Crippen molar-refractivity contribution < 1.29 is 14.6 Å². The van der Waals surface area contributed by atoms with Gasteiger partial charge in [-0.15, -0.1) is 0 Å². The first-order valence-electron chi connectivity index (χ1n) is 7.20. The molecule has 20 heavy (non-hydrogen) atoms. The SMILES string of the molecule is CCC1COC(C)(CCO)C(=O)N1Cc1ccccc1. The molecule has 0 spiro atoms. The average molecular weight is 277 g/mol. The number of carbonyl (C=O) groups is 1. The number of aliphatic hydroxyl groups is 1. The predicted molar refractivity (Wildman–Crippen MR) is 77.1 cm³/mol. The van der Waals surface area contributed by atoms with Crippen LogP contribution in [0.5, 0.6) is 0 Å². The third-order valence-electron chi connectivity index (χ3n) is 4.00. The van der Waals surface area contributed by atoms with E-state index in [0.717, 1.165) is 12.0 Å². The summed E-state index contributed by atoms with van der Waals surface area (Å²) >= 11 is 0. The Morgan fingerprint density at radius 3 is 2.70 bits per heavy atom. The fourth-order valence-electron chi connectivity index (χ4n) is 2.61. The van der Waals surface area contributed by atoms with Crippen molar-refractivity contribution in [1.82, 2.24) is 4.90 Å². The van der Waals surface area contributed by atoms with E-state index in [1.54, 1.807) is 6.92 Å². The van der Waals surface area contributed by atoms with Crippen LogP contribution in [0.25, 0.3) is 0 Å². The molecule has 1 aromatic rings. The number of nitrogens with zero attached hydrogens (tertiary/aromatic N) is 1. The molecule has 0 bridgehead atoms. The van der Waals surface area contributed by atoms with Gasteiger partial charge in [-0.25, -0.2) is 0 Å². The summed E-state index contributed by atoms with van der Waals surface area (Å²) in [6.07, 6.45) is 1.21. The maximum absolute atomic E-state index is 12.7. The molecule has 1 N–H and O–H groups in total. The highest BCUT2D eigenvalue weighted by Gasteiger charge is 2.44.